The molecule has 0 spiro atoms. The largest absolute Gasteiger partial charge is 0.348 e. The number of urea groups is 1. The molecule has 1 aromatic rings. The third-order valence-corrected chi connectivity index (χ3v) is 2.88. The zero-order chi connectivity index (χ0) is 17.7. The number of amides is 4. The molecule has 0 saturated carbocycles. The van der Waals surface area contributed by atoms with Crippen LogP contribution in [0.3, 0.4) is 0 Å². The fraction of sp³-hybridized carbons (Fsp3) is 0.154. The Morgan fingerprint density at radius 2 is 2.12 bits per heavy atom. The van der Waals surface area contributed by atoms with Crippen LogP contribution in [-0.2, 0) is 9.59 Å². The number of hydrogen-bond donors (Lipinski definition) is 5. The monoisotopic (exact) mass is 338 g/mol. The molecular weight excluding hydrogens is 326 g/mol. The molecule has 1 aliphatic rings. The van der Waals surface area contributed by atoms with Crippen molar-refractivity contribution in [2.45, 2.75) is 6.04 Å². The topological polar surface area (TPSA) is 136 Å². The molecule has 0 unspecified atom stereocenters. The predicted molar refractivity (Wildman–Crippen MR) is 79.7 cm³/mol. The van der Waals surface area contributed by atoms with Crippen LogP contribution < -0.4 is 21.4 Å². The second-order valence-electron chi connectivity index (χ2n) is 4.63. The molecule has 126 valence electrons. The lowest BCUT2D eigenvalue weighted by Crippen LogP contribution is -2.43. The maximum atomic E-state index is 13.3. The number of carbonyl (C=O) groups excluding carboxylic acids is 3. The van der Waals surface area contributed by atoms with Gasteiger partial charge in [-0.25, -0.2) is 13.6 Å². The number of nitrogens with zero attached hydrogens (tertiary/aromatic N) is 1. The summed E-state index contributed by atoms with van der Waals surface area (Å²) in [7, 11) is 0. The molecule has 1 atom stereocenters. The summed E-state index contributed by atoms with van der Waals surface area (Å²) in [6, 6.07) is 1.18. The molecule has 9 nitrogen and oxygen atoms in total. The summed E-state index contributed by atoms with van der Waals surface area (Å²) < 4.78 is 26.0. The first-order chi connectivity index (χ1) is 11.4. The van der Waals surface area contributed by atoms with E-state index in [2.05, 4.69) is 21.2 Å². The van der Waals surface area contributed by atoms with Gasteiger partial charge in [0, 0.05) is 12.6 Å². The van der Waals surface area contributed by atoms with E-state index in [4.69, 9.17) is 5.41 Å². The molecule has 0 aromatic heterocycles. The number of anilines is 1. The standard InChI is InChI=1S/C13H12F2N6O3/c14-6-1-2-9(7(15)3-6)21-18-4-8(16)11(22)17-5-10-12(23)20-13(24)19-10/h1-4,10,16,21H,5H2,(H,17,22)(H2,19,20,23,24)/b16-8?,18-4-/t10-/m1/s1. The van der Waals surface area contributed by atoms with Crippen LogP contribution in [0.1, 0.15) is 0 Å². The van der Waals surface area contributed by atoms with E-state index in [1.54, 1.807) is 0 Å². The third kappa shape index (κ3) is 4.32. The minimum atomic E-state index is -0.919. The zero-order valence-corrected chi connectivity index (χ0v) is 12.0. The van der Waals surface area contributed by atoms with Crippen molar-refractivity contribution in [2.75, 3.05) is 12.0 Å². The zero-order valence-electron chi connectivity index (χ0n) is 12.0. The highest BCUT2D eigenvalue weighted by Crippen LogP contribution is 2.14. The number of benzene rings is 1. The SMILES string of the molecule is N=C(/C=N\Nc1ccc(F)cc1F)C(=O)NC[C@H]1NC(=O)NC1=O. The van der Waals surface area contributed by atoms with E-state index in [-0.39, 0.29) is 12.2 Å². The molecule has 1 fully saturated rings. The van der Waals surface area contributed by atoms with Gasteiger partial charge in [0.25, 0.3) is 11.8 Å². The molecule has 11 heteroatoms. The summed E-state index contributed by atoms with van der Waals surface area (Å²) in [5.41, 5.74) is 1.51. The van der Waals surface area contributed by atoms with E-state index in [0.29, 0.717) is 6.07 Å². The van der Waals surface area contributed by atoms with Crippen molar-refractivity contribution in [3.05, 3.63) is 29.8 Å². The van der Waals surface area contributed by atoms with Crippen molar-refractivity contribution in [3.63, 3.8) is 0 Å². The molecule has 5 N–H and O–H groups in total. The van der Waals surface area contributed by atoms with E-state index in [0.717, 1.165) is 18.3 Å². The van der Waals surface area contributed by atoms with Crippen LogP contribution in [0.4, 0.5) is 19.3 Å². The van der Waals surface area contributed by atoms with E-state index in [9.17, 15) is 23.2 Å². The average Bonchev–Trinajstić information content (AvgIpc) is 2.84. The molecule has 1 aliphatic heterocycles. The minimum absolute atomic E-state index is 0.133. The Hall–Kier alpha value is -3.37. The van der Waals surface area contributed by atoms with Crippen LogP contribution in [0.15, 0.2) is 23.3 Å². The first kappa shape index (κ1) is 17.0. The van der Waals surface area contributed by atoms with E-state index >= 15 is 0 Å². The van der Waals surface area contributed by atoms with E-state index < -0.39 is 41.2 Å². The van der Waals surface area contributed by atoms with Crippen LogP contribution in [0.25, 0.3) is 0 Å². The lowest BCUT2D eigenvalue weighted by Gasteiger charge is -2.08. The van der Waals surface area contributed by atoms with Crippen molar-refractivity contribution < 1.29 is 23.2 Å². The van der Waals surface area contributed by atoms with Crippen molar-refractivity contribution in [1.29, 1.82) is 5.41 Å². The normalized spacial score (nSPS) is 16.7. The van der Waals surface area contributed by atoms with Gasteiger partial charge in [-0.15, -0.1) is 0 Å². The number of halogens is 2. The fourth-order valence-electron chi connectivity index (χ4n) is 1.70. The predicted octanol–water partition coefficient (Wildman–Crippen LogP) is -0.294. The maximum Gasteiger partial charge on any atom is 0.322 e. The Bertz CT molecular complexity index is 736. The summed E-state index contributed by atoms with van der Waals surface area (Å²) in [5.74, 6) is -3.08. The van der Waals surface area contributed by atoms with Crippen LogP contribution in [0.2, 0.25) is 0 Å². The van der Waals surface area contributed by atoms with Gasteiger partial charge in [-0.1, -0.05) is 0 Å². The van der Waals surface area contributed by atoms with Gasteiger partial charge >= 0.3 is 6.03 Å². The highest BCUT2D eigenvalue weighted by Gasteiger charge is 2.29. The van der Waals surface area contributed by atoms with Crippen molar-refractivity contribution >= 4 is 35.5 Å². The van der Waals surface area contributed by atoms with Gasteiger partial charge < -0.3 is 10.6 Å². The number of rotatable bonds is 6. The summed E-state index contributed by atoms with van der Waals surface area (Å²) in [6.45, 7) is -0.202. The molecule has 4 amide bonds. The van der Waals surface area contributed by atoms with Gasteiger partial charge in [0.2, 0.25) is 0 Å². The molecular formula is C13H12F2N6O3. The van der Waals surface area contributed by atoms with Gasteiger partial charge in [0.05, 0.1) is 11.9 Å². The van der Waals surface area contributed by atoms with Gasteiger partial charge in [-0.05, 0) is 12.1 Å². The third-order valence-electron chi connectivity index (χ3n) is 2.88. The smallest absolute Gasteiger partial charge is 0.322 e. The highest BCUT2D eigenvalue weighted by atomic mass is 19.1. The Morgan fingerprint density at radius 3 is 2.75 bits per heavy atom. The molecule has 0 radical (unpaired) electrons. The lowest BCUT2D eigenvalue weighted by molar-refractivity contribution is -0.120. The molecule has 1 saturated heterocycles. The van der Waals surface area contributed by atoms with Crippen LogP contribution in [-0.4, -0.2) is 42.4 Å². The van der Waals surface area contributed by atoms with Crippen LogP contribution in [0, 0.1) is 17.0 Å². The molecule has 24 heavy (non-hydrogen) atoms. The number of hydrogen-bond acceptors (Lipinski definition) is 6. The van der Waals surface area contributed by atoms with Crippen LogP contribution in [0.5, 0.6) is 0 Å². The Labute approximate surface area is 134 Å². The van der Waals surface area contributed by atoms with Gasteiger partial charge in [-0.3, -0.25) is 25.7 Å². The minimum Gasteiger partial charge on any atom is -0.348 e. The van der Waals surface area contributed by atoms with Gasteiger partial charge in [0.1, 0.15) is 17.6 Å². The Kier molecular flexibility index (Phi) is 5.14. The number of hydrazone groups is 1. The molecule has 0 bridgehead atoms. The van der Waals surface area contributed by atoms with Gasteiger partial charge in [-0.2, -0.15) is 5.10 Å². The highest BCUT2D eigenvalue weighted by molar-refractivity contribution is 6.59. The first-order valence-electron chi connectivity index (χ1n) is 6.59. The summed E-state index contributed by atoms with van der Waals surface area (Å²) in [6.07, 6.45) is 0.811. The second kappa shape index (κ2) is 7.26. The van der Waals surface area contributed by atoms with Gasteiger partial charge in [0.15, 0.2) is 5.82 Å². The number of nitrogens with one attached hydrogen (secondary N) is 5. The maximum absolute atomic E-state index is 13.3. The number of carbonyl (C=O) groups is 3. The Morgan fingerprint density at radius 1 is 1.38 bits per heavy atom. The summed E-state index contributed by atoms with van der Waals surface area (Å²) in [5, 5.41) is 17.5. The fourth-order valence-corrected chi connectivity index (χ4v) is 1.70. The van der Waals surface area contributed by atoms with Crippen molar-refractivity contribution in [3.8, 4) is 0 Å². The second-order valence-corrected chi connectivity index (χ2v) is 4.63. The molecule has 1 heterocycles. The molecule has 2 rings (SSSR count). The lowest BCUT2D eigenvalue weighted by atomic mass is 10.3. The Balaban J connectivity index is 1.81. The molecule has 0 aliphatic carbocycles. The quantitative estimate of drug-likeness (QED) is 0.276. The summed E-state index contributed by atoms with van der Waals surface area (Å²) in [4.78, 5) is 33.8. The van der Waals surface area contributed by atoms with Crippen molar-refractivity contribution in [2.24, 2.45) is 5.10 Å². The molecule has 1 aromatic carbocycles. The van der Waals surface area contributed by atoms with E-state index in [1.165, 1.54) is 0 Å². The first-order valence-corrected chi connectivity index (χ1v) is 6.59. The average molecular weight is 338 g/mol. The van der Waals surface area contributed by atoms with Crippen molar-refractivity contribution in [1.82, 2.24) is 16.0 Å². The van der Waals surface area contributed by atoms with Crippen LogP contribution >= 0.6 is 0 Å². The number of imide groups is 1. The summed E-state index contributed by atoms with van der Waals surface area (Å²) >= 11 is 0. The van der Waals surface area contributed by atoms with E-state index in [1.807, 2.05) is 5.32 Å².